The highest BCUT2D eigenvalue weighted by Gasteiger charge is 2.13. The van der Waals surface area contributed by atoms with Gasteiger partial charge < -0.3 is 9.57 Å². The Hall–Kier alpha value is -2.49. The fourth-order valence-electron chi connectivity index (χ4n) is 2.53. The SMILES string of the molecule is CO/N=C(/c1ccc(Cl)cc1)c1ccccc1COc1ccc(Cl)cc1. The van der Waals surface area contributed by atoms with E-state index in [2.05, 4.69) is 5.16 Å². The van der Waals surface area contributed by atoms with Crippen molar-refractivity contribution in [2.45, 2.75) is 6.61 Å². The molecule has 0 aliphatic carbocycles. The maximum Gasteiger partial charge on any atom is 0.119 e. The maximum atomic E-state index is 6.00. The summed E-state index contributed by atoms with van der Waals surface area (Å²) in [7, 11) is 1.53. The standard InChI is InChI=1S/C21H17Cl2NO2/c1-25-24-21(15-6-8-17(22)9-7-15)20-5-3-2-4-16(20)14-26-19-12-10-18(23)11-13-19/h2-13H,14H2,1H3/b24-21-. The molecule has 5 heteroatoms. The van der Waals surface area contributed by atoms with Gasteiger partial charge in [-0.05, 0) is 42.0 Å². The predicted molar refractivity (Wildman–Crippen MR) is 106 cm³/mol. The summed E-state index contributed by atoms with van der Waals surface area (Å²) in [4.78, 5) is 5.07. The molecule has 0 spiro atoms. The number of hydrogen-bond acceptors (Lipinski definition) is 3. The molecule has 0 aliphatic heterocycles. The Bertz CT molecular complexity index is 891. The number of hydrogen-bond donors (Lipinski definition) is 0. The highest BCUT2D eigenvalue weighted by molar-refractivity contribution is 6.31. The van der Waals surface area contributed by atoms with E-state index in [4.69, 9.17) is 32.8 Å². The van der Waals surface area contributed by atoms with Crippen LogP contribution in [0.15, 0.2) is 78.0 Å². The number of rotatable bonds is 6. The van der Waals surface area contributed by atoms with Gasteiger partial charge in [0.05, 0.1) is 0 Å². The van der Waals surface area contributed by atoms with E-state index in [1.165, 1.54) is 7.11 Å². The highest BCUT2D eigenvalue weighted by atomic mass is 35.5. The van der Waals surface area contributed by atoms with E-state index in [1.807, 2.05) is 60.7 Å². The van der Waals surface area contributed by atoms with Gasteiger partial charge in [-0.15, -0.1) is 0 Å². The van der Waals surface area contributed by atoms with Gasteiger partial charge in [-0.1, -0.05) is 64.8 Å². The molecule has 3 rings (SSSR count). The monoisotopic (exact) mass is 385 g/mol. The van der Waals surface area contributed by atoms with Crippen molar-refractivity contribution < 1.29 is 9.57 Å². The second kappa shape index (κ2) is 8.75. The second-order valence-corrected chi connectivity index (χ2v) is 6.40. The third-order valence-corrected chi connectivity index (χ3v) is 4.28. The van der Waals surface area contributed by atoms with E-state index >= 15 is 0 Å². The van der Waals surface area contributed by atoms with E-state index in [9.17, 15) is 0 Å². The molecule has 26 heavy (non-hydrogen) atoms. The van der Waals surface area contributed by atoms with Crippen LogP contribution >= 0.6 is 23.2 Å². The minimum atomic E-state index is 0.397. The van der Waals surface area contributed by atoms with Crippen molar-refractivity contribution in [3.8, 4) is 5.75 Å². The molecule has 0 fully saturated rings. The predicted octanol–water partition coefficient (Wildman–Crippen LogP) is 5.97. The first-order valence-corrected chi connectivity index (χ1v) is 8.76. The van der Waals surface area contributed by atoms with E-state index in [-0.39, 0.29) is 0 Å². The van der Waals surface area contributed by atoms with Crippen LogP contribution in [0.4, 0.5) is 0 Å². The van der Waals surface area contributed by atoms with Crippen LogP contribution < -0.4 is 4.74 Å². The molecule has 132 valence electrons. The minimum absolute atomic E-state index is 0.397. The molecule has 0 bridgehead atoms. The van der Waals surface area contributed by atoms with Crippen molar-refractivity contribution in [1.82, 2.24) is 0 Å². The van der Waals surface area contributed by atoms with Gasteiger partial charge in [-0.25, -0.2) is 0 Å². The zero-order valence-corrected chi connectivity index (χ0v) is 15.7. The maximum absolute atomic E-state index is 6.00. The lowest BCUT2D eigenvalue weighted by Gasteiger charge is -2.13. The summed E-state index contributed by atoms with van der Waals surface area (Å²) >= 11 is 11.9. The number of oxime groups is 1. The topological polar surface area (TPSA) is 30.8 Å². The second-order valence-electron chi connectivity index (χ2n) is 5.53. The van der Waals surface area contributed by atoms with Gasteiger partial charge >= 0.3 is 0 Å². The first-order valence-electron chi connectivity index (χ1n) is 8.01. The van der Waals surface area contributed by atoms with Crippen LogP contribution in [0.3, 0.4) is 0 Å². The van der Waals surface area contributed by atoms with Crippen molar-refractivity contribution in [1.29, 1.82) is 0 Å². The molecular formula is C21H17Cl2NO2. The summed E-state index contributed by atoms with van der Waals surface area (Å²) in [6.45, 7) is 0.397. The van der Waals surface area contributed by atoms with Gasteiger partial charge in [0.25, 0.3) is 0 Å². The molecule has 0 saturated carbocycles. The van der Waals surface area contributed by atoms with Gasteiger partial charge in [0, 0.05) is 21.2 Å². The zero-order valence-electron chi connectivity index (χ0n) is 14.2. The van der Waals surface area contributed by atoms with Gasteiger partial charge in [-0.2, -0.15) is 0 Å². The Morgan fingerprint density at radius 2 is 1.46 bits per heavy atom. The van der Waals surface area contributed by atoms with Crippen LogP contribution in [-0.4, -0.2) is 12.8 Å². The Morgan fingerprint density at radius 3 is 2.12 bits per heavy atom. The Balaban J connectivity index is 1.89. The van der Waals surface area contributed by atoms with Crippen molar-refractivity contribution in [2.75, 3.05) is 7.11 Å². The van der Waals surface area contributed by atoms with Crippen LogP contribution in [0.5, 0.6) is 5.75 Å². The van der Waals surface area contributed by atoms with Gasteiger partial charge in [0.15, 0.2) is 0 Å². The van der Waals surface area contributed by atoms with Gasteiger partial charge in [0.2, 0.25) is 0 Å². The Kier molecular flexibility index (Phi) is 6.16. The van der Waals surface area contributed by atoms with E-state index in [1.54, 1.807) is 12.1 Å². The lowest BCUT2D eigenvalue weighted by molar-refractivity contribution is 0.214. The number of halogens is 2. The van der Waals surface area contributed by atoms with Gasteiger partial charge in [-0.3, -0.25) is 0 Å². The molecule has 0 amide bonds. The summed E-state index contributed by atoms with van der Waals surface area (Å²) in [5.41, 5.74) is 3.56. The Labute approximate surface area is 162 Å². The summed E-state index contributed by atoms with van der Waals surface area (Å²) in [5.74, 6) is 0.751. The molecule has 0 aliphatic rings. The lowest BCUT2D eigenvalue weighted by Crippen LogP contribution is -2.09. The molecule has 0 aromatic heterocycles. The first-order chi connectivity index (χ1) is 12.7. The average molecular weight is 386 g/mol. The first kappa shape index (κ1) is 18.3. The quantitative estimate of drug-likeness (QED) is 0.386. The summed E-state index contributed by atoms with van der Waals surface area (Å²) in [5, 5.41) is 5.57. The summed E-state index contributed by atoms with van der Waals surface area (Å²) in [6, 6.07) is 22.7. The molecule has 0 atom stereocenters. The van der Waals surface area contributed by atoms with E-state index in [0.29, 0.717) is 16.7 Å². The highest BCUT2D eigenvalue weighted by Crippen LogP contribution is 2.21. The van der Waals surface area contributed by atoms with Crippen LogP contribution in [0.2, 0.25) is 10.0 Å². The Morgan fingerprint density at radius 1 is 0.846 bits per heavy atom. The van der Waals surface area contributed by atoms with Gasteiger partial charge in [0.1, 0.15) is 25.2 Å². The van der Waals surface area contributed by atoms with Crippen LogP contribution in [-0.2, 0) is 11.4 Å². The molecule has 0 heterocycles. The van der Waals surface area contributed by atoms with E-state index in [0.717, 1.165) is 28.2 Å². The minimum Gasteiger partial charge on any atom is -0.489 e. The van der Waals surface area contributed by atoms with Crippen LogP contribution in [0.1, 0.15) is 16.7 Å². The van der Waals surface area contributed by atoms with Crippen LogP contribution in [0, 0.1) is 0 Å². The van der Waals surface area contributed by atoms with Crippen LogP contribution in [0.25, 0.3) is 0 Å². The molecule has 0 saturated heterocycles. The largest absolute Gasteiger partial charge is 0.489 e. The normalized spacial score (nSPS) is 11.3. The smallest absolute Gasteiger partial charge is 0.119 e. The molecule has 0 radical (unpaired) electrons. The molecule has 0 unspecified atom stereocenters. The van der Waals surface area contributed by atoms with Crippen molar-refractivity contribution in [3.63, 3.8) is 0 Å². The lowest BCUT2D eigenvalue weighted by atomic mass is 9.98. The molecule has 0 N–H and O–H groups in total. The van der Waals surface area contributed by atoms with Crippen molar-refractivity contribution in [2.24, 2.45) is 5.16 Å². The van der Waals surface area contributed by atoms with E-state index < -0.39 is 0 Å². The zero-order chi connectivity index (χ0) is 18.4. The number of ether oxygens (including phenoxy) is 1. The average Bonchev–Trinajstić information content (AvgIpc) is 2.67. The summed E-state index contributed by atoms with van der Waals surface area (Å²) < 4.78 is 5.90. The fourth-order valence-corrected chi connectivity index (χ4v) is 2.78. The number of nitrogens with zero attached hydrogens (tertiary/aromatic N) is 1. The molecular weight excluding hydrogens is 369 g/mol. The third-order valence-electron chi connectivity index (χ3n) is 3.78. The van der Waals surface area contributed by atoms with Crippen molar-refractivity contribution >= 4 is 28.9 Å². The molecule has 3 aromatic rings. The van der Waals surface area contributed by atoms with Crippen molar-refractivity contribution in [3.05, 3.63) is 99.5 Å². The fraction of sp³-hybridized carbons (Fsp3) is 0.0952. The molecule has 3 aromatic carbocycles. The number of benzene rings is 3. The molecule has 3 nitrogen and oxygen atoms in total. The third kappa shape index (κ3) is 4.57. The summed E-state index contributed by atoms with van der Waals surface area (Å²) in [6.07, 6.45) is 0.